The number of aromatic carboxylic acids is 1. The van der Waals surface area contributed by atoms with Crippen LogP contribution in [-0.2, 0) is 0 Å². The van der Waals surface area contributed by atoms with Crippen molar-refractivity contribution < 1.29 is 14.3 Å². The average molecular weight is 155 g/mol. The Balaban J connectivity index is 3.23. The van der Waals surface area contributed by atoms with E-state index in [2.05, 4.69) is 4.98 Å². The van der Waals surface area contributed by atoms with Gasteiger partial charge in [0.15, 0.2) is 0 Å². The lowest BCUT2D eigenvalue weighted by molar-refractivity contribution is 0.0695. The van der Waals surface area contributed by atoms with Gasteiger partial charge in [0.25, 0.3) is 0 Å². The van der Waals surface area contributed by atoms with E-state index >= 15 is 0 Å². The minimum Gasteiger partial charge on any atom is -0.478 e. The van der Waals surface area contributed by atoms with Crippen molar-refractivity contribution in [3.63, 3.8) is 0 Å². The molecule has 0 unspecified atom stereocenters. The van der Waals surface area contributed by atoms with Crippen LogP contribution >= 0.6 is 0 Å². The summed E-state index contributed by atoms with van der Waals surface area (Å²) in [6.45, 7) is 1.57. The highest BCUT2D eigenvalue weighted by atomic mass is 19.1. The topological polar surface area (TPSA) is 50.2 Å². The summed E-state index contributed by atoms with van der Waals surface area (Å²) in [5, 5.41) is 8.50. The fraction of sp³-hybridized carbons (Fsp3) is 0.143. The van der Waals surface area contributed by atoms with Crippen molar-refractivity contribution in [2.45, 2.75) is 6.92 Å². The third-order valence-corrected chi connectivity index (χ3v) is 1.30. The first-order valence-corrected chi connectivity index (χ1v) is 2.96. The second kappa shape index (κ2) is 2.65. The highest BCUT2D eigenvalue weighted by Crippen LogP contribution is 2.06. The first kappa shape index (κ1) is 7.65. The van der Waals surface area contributed by atoms with E-state index in [1.807, 2.05) is 0 Å². The van der Waals surface area contributed by atoms with E-state index in [0.717, 1.165) is 6.07 Å². The van der Waals surface area contributed by atoms with E-state index in [1.54, 1.807) is 6.92 Å². The Morgan fingerprint density at radius 1 is 1.73 bits per heavy atom. The van der Waals surface area contributed by atoms with Crippen molar-refractivity contribution in [1.29, 1.82) is 0 Å². The molecule has 4 heteroatoms. The Kier molecular flexibility index (Phi) is 1.85. The normalized spacial score (nSPS) is 9.64. The molecule has 0 radical (unpaired) electrons. The second-order valence-electron chi connectivity index (χ2n) is 2.13. The highest BCUT2D eigenvalue weighted by molar-refractivity contribution is 5.88. The molecule has 0 saturated heterocycles. The van der Waals surface area contributed by atoms with Crippen LogP contribution in [0.25, 0.3) is 0 Å². The molecule has 0 atom stereocenters. The summed E-state index contributed by atoms with van der Waals surface area (Å²) in [7, 11) is 0. The molecule has 0 aliphatic carbocycles. The molecule has 0 aliphatic heterocycles. The molecule has 0 saturated carbocycles. The van der Waals surface area contributed by atoms with Gasteiger partial charge in [-0.25, -0.2) is 9.78 Å². The van der Waals surface area contributed by atoms with Crippen LogP contribution in [0.5, 0.6) is 0 Å². The summed E-state index contributed by atoms with van der Waals surface area (Å²) < 4.78 is 12.3. The minimum absolute atomic E-state index is 0.0440. The van der Waals surface area contributed by atoms with Crippen molar-refractivity contribution in [1.82, 2.24) is 4.98 Å². The van der Waals surface area contributed by atoms with Crippen LogP contribution < -0.4 is 0 Å². The number of aromatic nitrogens is 1. The van der Waals surface area contributed by atoms with Crippen molar-refractivity contribution >= 4 is 5.97 Å². The van der Waals surface area contributed by atoms with Gasteiger partial charge in [0.05, 0.1) is 5.56 Å². The molecular weight excluding hydrogens is 149 g/mol. The quantitative estimate of drug-likeness (QED) is 0.620. The molecule has 1 N–H and O–H groups in total. The van der Waals surface area contributed by atoms with Gasteiger partial charge in [0, 0.05) is 12.3 Å². The zero-order chi connectivity index (χ0) is 8.43. The number of hydrogen-bond donors (Lipinski definition) is 1. The lowest BCUT2D eigenvalue weighted by Crippen LogP contribution is -2.01. The molecule has 1 aromatic heterocycles. The van der Waals surface area contributed by atoms with E-state index in [0.29, 0.717) is 5.56 Å². The molecule has 0 spiro atoms. The first-order chi connectivity index (χ1) is 5.11. The van der Waals surface area contributed by atoms with E-state index in [1.165, 1.54) is 6.20 Å². The van der Waals surface area contributed by atoms with E-state index in [-0.39, 0.29) is 5.56 Å². The lowest BCUT2D eigenvalue weighted by atomic mass is 10.2. The van der Waals surface area contributed by atoms with Crippen LogP contribution in [0, 0.1) is 12.9 Å². The Labute approximate surface area is 62.5 Å². The summed E-state index contributed by atoms with van der Waals surface area (Å²) in [5.41, 5.74) is 0.413. The van der Waals surface area contributed by atoms with Crippen molar-refractivity contribution in [2.24, 2.45) is 0 Å². The van der Waals surface area contributed by atoms with Gasteiger partial charge in [-0.15, -0.1) is 0 Å². The SMILES string of the molecule is Cc1cnc(F)cc1C(=O)O. The van der Waals surface area contributed by atoms with Gasteiger partial charge in [-0.05, 0) is 12.5 Å². The van der Waals surface area contributed by atoms with Crippen LogP contribution in [0.3, 0.4) is 0 Å². The molecule has 0 fully saturated rings. The molecule has 1 heterocycles. The number of pyridine rings is 1. The lowest BCUT2D eigenvalue weighted by Gasteiger charge is -1.97. The maximum Gasteiger partial charge on any atom is 0.336 e. The highest BCUT2D eigenvalue weighted by Gasteiger charge is 2.07. The number of carboxylic acids is 1. The van der Waals surface area contributed by atoms with Crippen LogP contribution in [0.1, 0.15) is 15.9 Å². The maximum absolute atomic E-state index is 12.3. The number of halogens is 1. The monoisotopic (exact) mass is 155 g/mol. The third kappa shape index (κ3) is 1.52. The van der Waals surface area contributed by atoms with E-state index in [9.17, 15) is 9.18 Å². The number of nitrogens with zero attached hydrogens (tertiary/aromatic N) is 1. The smallest absolute Gasteiger partial charge is 0.336 e. The predicted molar refractivity (Wildman–Crippen MR) is 35.9 cm³/mol. The summed E-state index contributed by atoms with van der Waals surface area (Å²) >= 11 is 0. The van der Waals surface area contributed by atoms with Crippen molar-refractivity contribution in [2.75, 3.05) is 0 Å². The van der Waals surface area contributed by atoms with Crippen LogP contribution in [0.15, 0.2) is 12.3 Å². The summed E-state index contributed by atoms with van der Waals surface area (Å²) in [4.78, 5) is 13.7. The first-order valence-electron chi connectivity index (χ1n) is 2.96. The molecule has 0 bridgehead atoms. The third-order valence-electron chi connectivity index (χ3n) is 1.30. The van der Waals surface area contributed by atoms with E-state index < -0.39 is 11.9 Å². The molecule has 1 rings (SSSR count). The standard InChI is InChI=1S/C7H6FNO2/c1-4-3-9-6(8)2-5(4)7(10)11/h2-3H,1H3,(H,10,11). The maximum atomic E-state index is 12.3. The van der Waals surface area contributed by atoms with Crippen molar-refractivity contribution in [3.8, 4) is 0 Å². The number of rotatable bonds is 1. The summed E-state index contributed by atoms with van der Waals surface area (Å²) in [6, 6.07) is 0.900. The fourth-order valence-corrected chi connectivity index (χ4v) is 0.729. The van der Waals surface area contributed by atoms with Crippen LogP contribution in [0.4, 0.5) is 4.39 Å². The molecule has 0 aromatic carbocycles. The molecule has 3 nitrogen and oxygen atoms in total. The molecular formula is C7H6FNO2. The molecule has 0 aliphatic rings. The zero-order valence-electron chi connectivity index (χ0n) is 5.84. The Bertz CT molecular complexity index is 298. The Morgan fingerprint density at radius 3 is 2.82 bits per heavy atom. The zero-order valence-corrected chi connectivity index (χ0v) is 5.84. The molecule has 11 heavy (non-hydrogen) atoms. The molecule has 58 valence electrons. The average Bonchev–Trinajstić information content (AvgIpc) is 1.94. The molecule has 1 aromatic rings. The van der Waals surface area contributed by atoms with Gasteiger partial charge in [0.2, 0.25) is 5.95 Å². The van der Waals surface area contributed by atoms with E-state index in [4.69, 9.17) is 5.11 Å². The number of aryl methyl sites for hydroxylation is 1. The largest absolute Gasteiger partial charge is 0.478 e. The Hall–Kier alpha value is -1.45. The Morgan fingerprint density at radius 2 is 2.36 bits per heavy atom. The van der Waals surface area contributed by atoms with Crippen molar-refractivity contribution in [3.05, 3.63) is 29.3 Å². The van der Waals surface area contributed by atoms with Gasteiger partial charge < -0.3 is 5.11 Å². The van der Waals surface area contributed by atoms with Crippen LogP contribution in [-0.4, -0.2) is 16.1 Å². The predicted octanol–water partition coefficient (Wildman–Crippen LogP) is 1.23. The number of carboxylic acid groups (broad SMARTS) is 1. The van der Waals surface area contributed by atoms with Crippen LogP contribution in [0.2, 0.25) is 0 Å². The number of carbonyl (C=O) groups is 1. The number of hydrogen-bond acceptors (Lipinski definition) is 2. The van der Waals surface area contributed by atoms with Gasteiger partial charge in [-0.2, -0.15) is 4.39 Å². The van der Waals surface area contributed by atoms with Gasteiger partial charge in [0.1, 0.15) is 0 Å². The van der Waals surface area contributed by atoms with Gasteiger partial charge in [-0.3, -0.25) is 0 Å². The van der Waals surface area contributed by atoms with Gasteiger partial charge in [-0.1, -0.05) is 0 Å². The minimum atomic E-state index is -1.14. The second-order valence-corrected chi connectivity index (χ2v) is 2.13. The van der Waals surface area contributed by atoms with Gasteiger partial charge >= 0.3 is 5.97 Å². The summed E-state index contributed by atoms with van der Waals surface area (Å²) in [5.74, 6) is -1.91. The fourth-order valence-electron chi connectivity index (χ4n) is 0.729. The summed E-state index contributed by atoms with van der Waals surface area (Å²) in [6.07, 6.45) is 1.19. The molecule has 0 amide bonds.